The summed E-state index contributed by atoms with van der Waals surface area (Å²) in [6.45, 7) is 4.74. The van der Waals surface area contributed by atoms with Gasteiger partial charge in [-0.25, -0.2) is 4.79 Å². The number of hydrogen-bond donors (Lipinski definition) is 0. The van der Waals surface area contributed by atoms with E-state index in [4.69, 9.17) is 4.74 Å². The molecule has 146 valence electrons. The Morgan fingerprint density at radius 1 is 1.11 bits per heavy atom. The van der Waals surface area contributed by atoms with Gasteiger partial charge in [-0.3, -0.25) is 4.90 Å². The number of hydrogen-bond acceptors (Lipinski definition) is 4. The molecule has 5 heteroatoms. The van der Waals surface area contributed by atoms with Gasteiger partial charge in [0.25, 0.3) is 0 Å². The molecule has 0 bridgehead atoms. The molecular weight excluding hydrogens is 350 g/mol. The number of nitrogens with zero attached hydrogens (tertiary/aromatic N) is 3. The number of fused-ring (bicyclic) bond motifs is 4. The summed E-state index contributed by atoms with van der Waals surface area (Å²) in [5, 5.41) is 0. The van der Waals surface area contributed by atoms with Crippen LogP contribution in [-0.2, 0) is 18.4 Å². The number of rotatable bonds is 1. The Hall–Kier alpha value is -2.53. The van der Waals surface area contributed by atoms with Crippen molar-refractivity contribution < 1.29 is 9.53 Å². The number of ether oxygens (including phenoxy) is 1. The second-order valence-corrected chi connectivity index (χ2v) is 8.62. The van der Waals surface area contributed by atoms with Crippen molar-refractivity contribution >= 4 is 11.8 Å². The standard InChI is InChI=1S/C23H27N3O2/c1-23-11-13-24(2)21(23)25(3)20-9-8-18(14-19(20)23)28-22(27)26-12-10-16-6-4-5-7-17(16)15-26/h4-9,14,21H,10-13,15H2,1-3H3/t21?,23-/m0/s1. The van der Waals surface area contributed by atoms with E-state index in [0.29, 0.717) is 25.0 Å². The summed E-state index contributed by atoms with van der Waals surface area (Å²) in [5.41, 5.74) is 5.15. The Morgan fingerprint density at radius 3 is 2.71 bits per heavy atom. The minimum absolute atomic E-state index is 0.0747. The van der Waals surface area contributed by atoms with Crippen LogP contribution < -0.4 is 9.64 Å². The van der Waals surface area contributed by atoms with Gasteiger partial charge in [-0.1, -0.05) is 31.2 Å². The molecule has 3 aliphatic rings. The Morgan fingerprint density at radius 2 is 1.89 bits per heavy atom. The van der Waals surface area contributed by atoms with E-state index >= 15 is 0 Å². The molecule has 1 unspecified atom stereocenters. The summed E-state index contributed by atoms with van der Waals surface area (Å²) in [4.78, 5) is 19.4. The van der Waals surface area contributed by atoms with Gasteiger partial charge in [-0.2, -0.15) is 0 Å². The van der Waals surface area contributed by atoms with Gasteiger partial charge in [-0.05, 0) is 54.8 Å². The summed E-state index contributed by atoms with van der Waals surface area (Å²) < 4.78 is 5.80. The smallest absolute Gasteiger partial charge is 0.410 e. The number of benzene rings is 2. The number of carbonyl (C=O) groups is 1. The van der Waals surface area contributed by atoms with Gasteiger partial charge in [-0.15, -0.1) is 0 Å². The van der Waals surface area contributed by atoms with E-state index in [0.717, 1.165) is 19.4 Å². The van der Waals surface area contributed by atoms with Crippen LogP contribution in [-0.4, -0.2) is 49.2 Å². The maximum absolute atomic E-state index is 12.8. The fourth-order valence-electron chi connectivity index (χ4n) is 5.44. The van der Waals surface area contributed by atoms with Crippen LogP contribution in [0, 0.1) is 0 Å². The lowest BCUT2D eigenvalue weighted by Crippen LogP contribution is -2.45. The van der Waals surface area contributed by atoms with Crippen molar-refractivity contribution in [2.75, 3.05) is 32.1 Å². The topological polar surface area (TPSA) is 36.0 Å². The molecule has 2 atom stereocenters. The van der Waals surface area contributed by atoms with Crippen LogP contribution in [0.5, 0.6) is 5.75 Å². The zero-order valence-corrected chi connectivity index (χ0v) is 16.8. The fraction of sp³-hybridized carbons (Fsp3) is 0.435. The highest BCUT2D eigenvalue weighted by Crippen LogP contribution is 2.51. The van der Waals surface area contributed by atoms with Crippen LogP contribution in [0.2, 0.25) is 0 Å². The predicted octanol–water partition coefficient (Wildman–Crippen LogP) is 3.61. The third-order valence-corrected chi connectivity index (χ3v) is 6.90. The minimum atomic E-state index is -0.258. The van der Waals surface area contributed by atoms with Crippen LogP contribution in [0.4, 0.5) is 10.5 Å². The molecule has 1 fully saturated rings. The fourth-order valence-corrected chi connectivity index (χ4v) is 5.44. The molecule has 5 rings (SSSR count). The van der Waals surface area contributed by atoms with Gasteiger partial charge in [0, 0.05) is 37.8 Å². The largest absolute Gasteiger partial charge is 0.415 e. The molecule has 1 saturated heterocycles. The third-order valence-electron chi connectivity index (χ3n) is 6.90. The number of likely N-dealkylation sites (N-methyl/N-ethyl adjacent to an activating group) is 2. The van der Waals surface area contributed by atoms with Crippen molar-refractivity contribution in [1.82, 2.24) is 9.80 Å². The monoisotopic (exact) mass is 377 g/mol. The number of likely N-dealkylation sites (tertiary alicyclic amines) is 1. The van der Waals surface area contributed by atoms with E-state index in [9.17, 15) is 4.79 Å². The number of carbonyl (C=O) groups excluding carboxylic acids is 1. The maximum atomic E-state index is 12.8. The average molecular weight is 377 g/mol. The molecule has 3 aliphatic heterocycles. The zero-order chi connectivity index (χ0) is 19.5. The molecule has 2 aromatic rings. The molecule has 0 aromatic heterocycles. The molecule has 0 radical (unpaired) electrons. The van der Waals surface area contributed by atoms with E-state index in [-0.39, 0.29) is 11.5 Å². The van der Waals surface area contributed by atoms with Crippen molar-refractivity contribution in [1.29, 1.82) is 0 Å². The average Bonchev–Trinajstić information content (AvgIpc) is 3.13. The first-order valence-electron chi connectivity index (χ1n) is 10.1. The van der Waals surface area contributed by atoms with E-state index in [1.165, 1.54) is 22.4 Å². The van der Waals surface area contributed by atoms with E-state index in [2.05, 4.69) is 61.2 Å². The summed E-state index contributed by atoms with van der Waals surface area (Å²) in [6, 6.07) is 14.4. The van der Waals surface area contributed by atoms with Gasteiger partial charge < -0.3 is 14.5 Å². The van der Waals surface area contributed by atoms with Crippen LogP contribution in [0.1, 0.15) is 30.0 Å². The SMILES string of the molecule is CN1CC[C@@]2(C)c3cc(OC(=O)N4CCc5ccccc5C4)ccc3N(C)C12. The van der Waals surface area contributed by atoms with Gasteiger partial charge in [0.05, 0.1) is 6.17 Å². The molecule has 1 amide bonds. The van der Waals surface area contributed by atoms with E-state index in [1.807, 2.05) is 12.1 Å². The summed E-state index contributed by atoms with van der Waals surface area (Å²) in [7, 11) is 4.35. The molecular formula is C23H27N3O2. The highest BCUT2D eigenvalue weighted by Gasteiger charge is 2.52. The third kappa shape index (κ3) is 2.53. The quantitative estimate of drug-likeness (QED) is 0.761. The molecule has 0 N–H and O–H groups in total. The van der Waals surface area contributed by atoms with Crippen LogP contribution >= 0.6 is 0 Å². The molecule has 5 nitrogen and oxygen atoms in total. The Kier molecular flexibility index (Phi) is 3.91. The van der Waals surface area contributed by atoms with Crippen LogP contribution in [0.15, 0.2) is 42.5 Å². The second-order valence-electron chi connectivity index (χ2n) is 8.62. The Bertz CT molecular complexity index is 943. The molecule has 0 spiro atoms. The van der Waals surface area contributed by atoms with Crippen molar-refractivity contribution in [2.45, 2.75) is 37.9 Å². The molecule has 2 aromatic carbocycles. The Balaban J connectivity index is 1.37. The Labute approximate surface area is 166 Å². The highest BCUT2D eigenvalue weighted by molar-refractivity contribution is 5.73. The minimum Gasteiger partial charge on any atom is -0.410 e. The lowest BCUT2D eigenvalue weighted by atomic mass is 9.81. The lowest BCUT2D eigenvalue weighted by molar-refractivity contribution is 0.147. The summed E-state index contributed by atoms with van der Waals surface area (Å²) in [5.74, 6) is 0.646. The van der Waals surface area contributed by atoms with E-state index < -0.39 is 0 Å². The van der Waals surface area contributed by atoms with E-state index in [1.54, 1.807) is 4.90 Å². The summed E-state index contributed by atoms with van der Waals surface area (Å²) in [6.07, 6.45) is 2.11. The molecule has 0 aliphatic carbocycles. The first-order chi connectivity index (χ1) is 13.5. The van der Waals surface area contributed by atoms with Crippen molar-refractivity contribution in [3.63, 3.8) is 0 Å². The van der Waals surface area contributed by atoms with Crippen molar-refractivity contribution in [2.24, 2.45) is 0 Å². The van der Waals surface area contributed by atoms with Gasteiger partial charge in [0.1, 0.15) is 5.75 Å². The van der Waals surface area contributed by atoms with Crippen molar-refractivity contribution in [3.05, 3.63) is 59.2 Å². The summed E-state index contributed by atoms with van der Waals surface area (Å²) >= 11 is 0. The van der Waals surface area contributed by atoms with Crippen LogP contribution in [0.3, 0.4) is 0 Å². The first kappa shape index (κ1) is 17.6. The maximum Gasteiger partial charge on any atom is 0.415 e. The number of amides is 1. The molecule has 0 saturated carbocycles. The van der Waals surface area contributed by atoms with Crippen molar-refractivity contribution in [3.8, 4) is 5.75 Å². The second kappa shape index (κ2) is 6.24. The normalized spacial score (nSPS) is 26.0. The lowest BCUT2D eigenvalue weighted by Gasteiger charge is -2.32. The van der Waals surface area contributed by atoms with Crippen LogP contribution in [0.25, 0.3) is 0 Å². The van der Waals surface area contributed by atoms with Gasteiger partial charge in [0.15, 0.2) is 0 Å². The molecule has 3 heterocycles. The predicted molar refractivity (Wildman–Crippen MR) is 110 cm³/mol. The van der Waals surface area contributed by atoms with Gasteiger partial charge in [0.2, 0.25) is 0 Å². The van der Waals surface area contributed by atoms with Gasteiger partial charge >= 0.3 is 6.09 Å². The molecule has 28 heavy (non-hydrogen) atoms. The highest BCUT2D eigenvalue weighted by atomic mass is 16.6. The zero-order valence-electron chi connectivity index (χ0n) is 16.8. The number of anilines is 1. The first-order valence-corrected chi connectivity index (χ1v) is 10.1.